The Bertz CT molecular complexity index is 1550. The summed E-state index contributed by atoms with van der Waals surface area (Å²) >= 11 is 0. The van der Waals surface area contributed by atoms with Crippen LogP contribution in [-0.2, 0) is 0 Å². The summed E-state index contributed by atoms with van der Waals surface area (Å²) in [6.07, 6.45) is -2.92. The zero-order valence-electron chi connectivity index (χ0n) is 21.1. The number of hydrogen-bond acceptors (Lipinski definition) is 4. The quantitative estimate of drug-likeness (QED) is 0.241. The van der Waals surface area contributed by atoms with Gasteiger partial charge in [0.15, 0.2) is 5.65 Å². The summed E-state index contributed by atoms with van der Waals surface area (Å²) in [4.78, 5) is 16.9. The Hall–Kier alpha value is -4.15. The van der Waals surface area contributed by atoms with E-state index in [1.165, 1.54) is 18.2 Å². The number of aryl methyl sites for hydroxylation is 2. The number of hydrogen-bond donors (Lipinski definition) is 2. The van der Waals surface area contributed by atoms with E-state index < -0.39 is 30.6 Å². The second kappa shape index (κ2) is 10.2. The molecule has 2 heterocycles. The molecule has 39 heavy (non-hydrogen) atoms. The first-order valence-corrected chi connectivity index (χ1v) is 12.3. The number of aromatic nitrogens is 2. The first-order chi connectivity index (χ1) is 18.5. The molecule has 4 aromatic rings. The summed E-state index contributed by atoms with van der Waals surface area (Å²) < 4.78 is 73.1. The van der Waals surface area contributed by atoms with Crippen LogP contribution in [0.25, 0.3) is 16.9 Å². The number of halogens is 5. The van der Waals surface area contributed by atoms with Crippen molar-refractivity contribution >= 4 is 17.2 Å². The van der Waals surface area contributed by atoms with Crippen molar-refractivity contribution in [3.8, 4) is 22.8 Å². The fourth-order valence-electron chi connectivity index (χ4n) is 4.25. The van der Waals surface area contributed by atoms with Crippen LogP contribution < -0.4 is 15.4 Å². The van der Waals surface area contributed by atoms with Crippen LogP contribution in [0.15, 0.2) is 54.9 Å². The number of alkyl halides is 4. The topological polar surface area (TPSA) is 67.7 Å². The highest BCUT2D eigenvalue weighted by molar-refractivity contribution is 5.96. The number of benzene rings is 2. The van der Waals surface area contributed by atoms with Crippen molar-refractivity contribution in [1.82, 2.24) is 14.7 Å². The molecule has 0 spiro atoms. The Morgan fingerprint density at radius 3 is 2.59 bits per heavy atom. The molecule has 0 unspecified atom stereocenters. The Kier molecular flexibility index (Phi) is 6.92. The average Bonchev–Trinajstić information content (AvgIpc) is 3.37. The Balaban J connectivity index is 1.51. The Labute approximate surface area is 220 Å². The number of pyridine rings is 1. The number of ether oxygens (including phenoxy) is 1. The zero-order valence-corrected chi connectivity index (χ0v) is 21.1. The fourth-order valence-corrected chi connectivity index (χ4v) is 4.25. The molecular formula is C28H25F5N4O2. The smallest absolute Gasteiger partial charge is 0.390 e. The largest absolute Gasteiger partial charge is 0.455 e. The predicted octanol–water partition coefficient (Wildman–Crippen LogP) is 6.75. The molecule has 0 saturated heterocycles. The van der Waals surface area contributed by atoms with Gasteiger partial charge in [-0.1, -0.05) is 12.1 Å². The second-order valence-corrected chi connectivity index (χ2v) is 9.59. The van der Waals surface area contributed by atoms with Crippen LogP contribution in [0.4, 0.5) is 27.6 Å². The zero-order chi connectivity index (χ0) is 27.9. The lowest BCUT2D eigenvalue weighted by atomic mass is 10.0. The first-order valence-electron chi connectivity index (χ1n) is 12.3. The molecule has 2 N–H and O–H groups in total. The van der Waals surface area contributed by atoms with Gasteiger partial charge in [0.25, 0.3) is 5.91 Å². The van der Waals surface area contributed by atoms with Gasteiger partial charge in [-0.25, -0.2) is 13.8 Å². The molecule has 6 nitrogen and oxygen atoms in total. The number of anilines is 1. The van der Waals surface area contributed by atoms with Crippen LogP contribution in [0.2, 0.25) is 0 Å². The van der Waals surface area contributed by atoms with Gasteiger partial charge in [-0.05, 0) is 43.2 Å². The van der Waals surface area contributed by atoms with E-state index >= 15 is 0 Å². The lowest BCUT2D eigenvalue weighted by molar-refractivity contribution is -0.131. The predicted molar refractivity (Wildman–Crippen MR) is 137 cm³/mol. The molecule has 2 aromatic heterocycles. The number of nitrogens with one attached hydrogen (secondary N) is 2. The van der Waals surface area contributed by atoms with E-state index in [9.17, 15) is 26.7 Å². The van der Waals surface area contributed by atoms with Crippen LogP contribution in [0.3, 0.4) is 0 Å². The molecule has 1 aliphatic carbocycles. The van der Waals surface area contributed by atoms with E-state index in [-0.39, 0.29) is 24.0 Å². The van der Waals surface area contributed by atoms with E-state index in [0.717, 1.165) is 0 Å². The molecule has 2 aromatic carbocycles. The van der Waals surface area contributed by atoms with Crippen molar-refractivity contribution in [1.29, 1.82) is 0 Å². The molecule has 1 amide bonds. The number of nitrogens with zero attached hydrogens (tertiary/aromatic N) is 2. The van der Waals surface area contributed by atoms with Crippen LogP contribution in [0.5, 0.6) is 11.5 Å². The minimum absolute atomic E-state index is 0.253. The minimum atomic E-state index is -4.34. The van der Waals surface area contributed by atoms with Crippen LogP contribution in [0.1, 0.15) is 34.3 Å². The Morgan fingerprint density at radius 1 is 1.13 bits per heavy atom. The third-order valence-corrected chi connectivity index (χ3v) is 6.48. The molecule has 204 valence electrons. The molecule has 0 aliphatic heterocycles. The van der Waals surface area contributed by atoms with Crippen molar-refractivity contribution in [2.75, 3.05) is 11.9 Å². The molecule has 11 heteroatoms. The maximum atomic E-state index is 13.9. The molecule has 1 aliphatic rings. The van der Waals surface area contributed by atoms with Gasteiger partial charge in [0.2, 0.25) is 0 Å². The normalized spacial score (nSPS) is 16.8. The van der Waals surface area contributed by atoms with Gasteiger partial charge >= 0.3 is 6.18 Å². The van der Waals surface area contributed by atoms with E-state index in [2.05, 4.69) is 15.6 Å². The standard InChI is InChI=1S/C28H25F5N4O2/c1-15-3-5-18(29)10-25(15)39-19-11-23(34-8-7-28(31,32)33)26-35-13-24(37(26)14-19)17-4-6-20(16(2)9-17)27(38)36-22-12-21(22)30/h3-6,9-11,13-14,21-22,34H,7-8,12H2,1-2H3,(H,36,38)/t21-,22-/m0/s1. The van der Waals surface area contributed by atoms with Crippen molar-refractivity contribution in [3.63, 3.8) is 0 Å². The van der Waals surface area contributed by atoms with Gasteiger partial charge in [0.1, 0.15) is 23.5 Å². The lowest BCUT2D eigenvalue weighted by Crippen LogP contribution is -2.27. The number of carbonyl (C=O) groups excluding carboxylic acids is 1. The van der Waals surface area contributed by atoms with Crippen molar-refractivity contribution < 1.29 is 31.5 Å². The summed E-state index contributed by atoms with van der Waals surface area (Å²) in [6, 6.07) is 10.3. The van der Waals surface area contributed by atoms with E-state index in [0.29, 0.717) is 45.7 Å². The molecular weight excluding hydrogens is 519 g/mol. The summed E-state index contributed by atoms with van der Waals surface area (Å²) in [5.41, 5.74) is 3.67. The van der Waals surface area contributed by atoms with Crippen molar-refractivity contribution in [3.05, 3.63) is 77.4 Å². The van der Waals surface area contributed by atoms with E-state index in [1.54, 1.807) is 54.9 Å². The Morgan fingerprint density at radius 2 is 1.90 bits per heavy atom. The van der Waals surface area contributed by atoms with Gasteiger partial charge in [-0.2, -0.15) is 13.2 Å². The number of rotatable bonds is 8. The number of fused-ring (bicyclic) bond motifs is 1. The summed E-state index contributed by atoms with van der Waals surface area (Å²) in [5.74, 6) is -0.343. The van der Waals surface area contributed by atoms with Gasteiger partial charge in [-0.3, -0.25) is 9.20 Å². The highest BCUT2D eigenvalue weighted by Crippen LogP contribution is 2.33. The van der Waals surface area contributed by atoms with Gasteiger partial charge < -0.3 is 15.4 Å². The minimum Gasteiger partial charge on any atom is -0.455 e. The third kappa shape index (κ3) is 5.97. The third-order valence-electron chi connectivity index (χ3n) is 6.48. The highest BCUT2D eigenvalue weighted by Gasteiger charge is 2.39. The number of amides is 1. The number of carbonyl (C=O) groups is 1. The molecule has 2 atom stereocenters. The second-order valence-electron chi connectivity index (χ2n) is 9.59. The summed E-state index contributed by atoms with van der Waals surface area (Å²) in [7, 11) is 0. The summed E-state index contributed by atoms with van der Waals surface area (Å²) in [6.45, 7) is 3.12. The maximum Gasteiger partial charge on any atom is 0.390 e. The van der Waals surface area contributed by atoms with Crippen LogP contribution in [0, 0.1) is 19.7 Å². The number of imidazole rings is 1. The summed E-state index contributed by atoms with van der Waals surface area (Å²) in [5, 5.41) is 5.44. The molecule has 0 radical (unpaired) electrons. The maximum absolute atomic E-state index is 13.9. The van der Waals surface area contributed by atoms with Crippen LogP contribution >= 0.6 is 0 Å². The first kappa shape index (κ1) is 26.5. The highest BCUT2D eigenvalue weighted by atomic mass is 19.4. The van der Waals surface area contributed by atoms with Crippen LogP contribution in [-0.4, -0.2) is 40.2 Å². The molecule has 1 saturated carbocycles. The van der Waals surface area contributed by atoms with Gasteiger partial charge in [-0.15, -0.1) is 0 Å². The molecule has 0 bridgehead atoms. The average molecular weight is 545 g/mol. The van der Waals surface area contributed by atoms with Gasteiger partial charge in [0.05, 0.1) is 36.2 Å². The van der Waals surface area contributed by atoms with Crippen molar-refractivity contribution in [2.24, 2.45) is 0 Å². The van der Waals surface area contributed by atoms with Crippen molar-refractivity contribution in [2.45, 2.75) is 45.1 Å². The SMILES string of the molecule is Cc1ccc(F)cc1Oc1cc(NCCC(F)(F)F)c2ncc(-c3ccc(C(=O)N[C@H]4C[C@@H]4F)c(C)c3)n2c1. The monoisotopic (exact) mass is 544 g/mol. The van der Waals surface area contributed by atoms with E-state index in [4.69, 9.17) is 4.74 Å². The molecule has 5 rings (SSSR count). The van der Waals surface area contributed by atoms with E-state index in [1.807, 2.05) is 0 Å². The van der Waals surface area contributed by atoms with Gasteiger partial charge in [0, 0.05) is 36.2 Å². The lowest BCUT2D eigenvalue weighted by Gasteiger charge is -2.15. The fraction of sp³-hybridized carbons (Fsp3) is 0.286. The molecule has 1 fully saturated rings.